The molecule has 4 bridgehead atoms. The summed E-state index contributed by atoms with van der Waals surface area (Å²) in [5.74, 6) is -0.479. The summed E-state index contributed by atoms with van der Waals surface area (Å²) in [5, 5.41) is 0.250. The zero-order valence-electron chi connectivity index (χ0n) is 15.8. The Labute approximate surface area is 174 Å². The number of aryl methyl sites for hydroxylation is 2. The number of fused-ring (bicyclic) bond motifs is 1. The van der Waals surface area contributed by atoms with Gasteiger partial charge in [0.2, 0.25) is 0 Å². The number of anilines is 2. The molecule has 6 rings (SSSR count). The first-order chi connectivity index (χ1) is 13.8. The first-order valence-electron chi connectivity index (χ1n) is 9.20. The number of nitrogens with zero attached hydrogens (tertiary/aromatic N) is 2. The van der Waals surface area contributed by atoms with Crippen LogP contribution >= 0.6 is 11.6 Å². The second-order valence-corrected chi connectivity index (χ2v) is 10.4. The van der Waals surface area contributed by atoms with Crippen molar-refractivity contribution in [1.29, 1.82) is 0 Å². The molecule has 3 aromatic carbocycles. The number of hydrogen-bond donors (Lipinski definition) is 1. The second kappa shape index (κ2) is 6.15. The van der Waals surface area contributed by atoms with Crippen molar-refractivity contribution in [2.75, 3.05) is 9.21 Å². The summed E-state index contributed by atoms with van der Waals surface area (Å²) in [6, 6.07) is 15.1. The van der Waals surface area contributed by atoms with E-state index < -0.39 is 22.0 Å². The Morgan fingerprint density at radius 1 is 1.03 bits per heavy atom. The van der Waals surface area contributed by atoms with E-state index in [0.29, 0.717) is 21.2 Å². The van der Waals surface area contributed by atoms with Gasteiger partial charge in [0.05, 0.1) is 22.8 Å². The molecule has 2 amide bonds. The lowest BCUT2D eigenvalue weighted by molar-refractivity contribution is 0.253. The minimum absolute atomic E-state index is 0.0436. The summed E-state index contributed by atoms with van der Waals surface area (Å²) in [7, 11) is -3.19. The van der Waals surface area contributed by atoms with E-state index in [1.165, 1.54) is 21.3 Å². The number of carbonyl (C=O) groups is 1. The van der Waals surface area contributed by atoms with Crippen LogP contribution in [-0.4, -0.2) is 10.2 Å². The van der Waals surface area contributed by atoms with Gasteiger partial charge in [0.1, 0.15) is 5.82 Å². The Balaban J connectivity index is 1.69. The molecule has 0 atom stereocenters. The van der Waals surface area contributed by atoms with E-state index in [1.807, 2.05) is 38.1 Å². The van der Waals surface area contributed by atoms with Crippen molar-refractivity contribution in [3.05, 3.63) is 82.1 Å². The summed E-state index contributed by atoms with van der Waals surface area (Å²) in [5.41, 5.74) is 3.20. The Kier molecular flexibility index (Phi) is 3.89. The number of benzene rings is 3. The molecule has 148 valence electrons. The molecule has 0 aromatic heterocycles. The minimum Gasteiger partial charge on any atom is -0.287 e. The number of hydrogen-bond acceptors (Lipinski definition) is 2. The molecule has 0 saturated heterocycles. The van der Waals surface area contributed by atoms with Gasteiger partial charge >= 0.3 is 6.03 Å². The Bertz CT molecular complexity index is 1240. The van der Waals surface area contributed by atoms with Crippen LogP contribution in [-0.2, 0) is 16.7 Å². The first-order valence-corrected chi connectivity index (χ1v) is 11.2. The van der Waals surface area contributed by atoms with Crippen molar-refractivity contribution >= 4 is 39.1 Å². The van der Waals surface area contributed by atoms with Crippen LogP contribution in [0.25, 0.3) is 0 Å². The lowest BCUT2D eigenvalue weighted by Crippen LogP contribution is -2.56. The standard InChI is InChI=1S/C22H18ClFN2O2S/c1-13-6-7-14(2)20(10-13)26-22(27)25(12-16-17(23)4-3-5-18(16)24)19-9-8-15-11-21(19)29(15,26)28/h3-11,29H,12H2,1-2H3. The quantitative estimate of drug-likeness (QED) is 0.567. The minimum atomic E-state index is -3.19. The monoisotopic (exact) mass is 428 g/mol. The van der Waals surface area contributed by atoms with Crippen LogP contribution in [0.4, 0.5) is 20.6 Å². The number of thiol groups is 1. The smallest absolute Gasteiger partial charge is 0.287 e. The van der Waals surface area contributed by atoms with E-state index in [1.54, 1.807) is 18.2 Å². The second-order valence-electron chi connectivity index (χ2n) is 7.42. The molecule has 0 aliphatic carbocycles. The van der Waals surface area contributed by atoms with Crippen LogP contribution in [0.5, 0.6) is 0 Å². The fourth-order valence-electron chi connectivity index (χ4n) is 4.00. The average molecular weight is 429 g/mol. The molecule has 7 heteroatoms. The molecule has 3 heterocycles. The SMILES string of the molecule is Cc1ccc(C)c(N2C(=O)N(Cc3c(F)cccc3Cl)c3ccc4cc3[SH]42=O)c1. The molecule has 3 aromatic rings. The van der Waals surface area contributed by atoms with E-state index in [4.69, 9.17) is 11.6 Å². The van der Waals surface area contributed by atoms with Gasteiger partial charge in [-0.25, -0.2) is 13.5 Å². The Hall–Kier alpha value is -2.70. The summed E-state index contributed by atoms with van der Waals surface area (Å²) < 4.78 is 29.8. The van der Waals surface area contributed by atoms with Crippen LogP contribution in [0.15, 0.2) is 64.4 Å². The summed E-state index contributed by atoms with van der Waals surface area (Å²) in [6.45, 7) is 3.77. The maximum atomic E-state index is 14.4. The topological polar surface area (TPSA) is 40.6 Å². The Morgan fingerprint density at radius 2 is 1.83 bits per heavy atom. The molecule has 0 spiro atoms. The van der Waals surface area contributed by atoms with Gasteiger partial charge < -0.3 is 0 Å². The number of carbonyl (C=O) groups excluding carboxylic acids is 1. The highest BCUT2D eigenvalue weighted by atomic mass is 35.5. The Morgan fingerprint density at radius 3 is 2.55 bits per heavy atom. The molecular weight excluding hydrogens is 411 g/mol. The van der Waals surface area contributed by atoms with E-state index in [9.17, 15) is 13.4 Å². The van der Waals surface area contributed by atoms with Gasteiger partial charge in [0.25, 0.3) is 0 Å². The van der Waals surface area contributed by atoms with E-state index >= 15 is 0 Å². The molecule has 29 heavy (non-hydrogen) atoms. The molecule has 4 nitrogen and oxygen atoms in total. The van der Waals surface area contributed by atoms with Crippen LogP contribution in [0.3, 0.4) is 0 Å². The van der Waals surface area contributed by atoms with Gasteiger partial charge in [0.15, 0.2) is 0 Å². The zero-order valence-corrected chi connectivity index (χ0v) is 17.5. The lowest BCUT2D eigenvalue weighted by Gasteiger charge is -2.50. The van der Waals surface area contributed by atoms with Crippen LogP contribution in [0.2, 0.25) is 5.02 Å². The fraction of sp³-hybridized carbons (Fsp3) is 0.136. The number of amides is 2. The van der Waals surface area contributed by atoms with Gasteiger partial charge in [-0.2, -0.15) is 0 Å². The molecule has 3 aliphatic heterocycles. The van der Waals surface area contributed by atoms with Gasteiger partial charge in [-0.15, -0.1) is 0 Å². The van der Waals surface area contributed by atoms with E-state index in [0.717, 1.165) is 11.1 Å². The molecule has 0 radical (unpaired) electrons. The van der Waals surface area contributed by atoms with Crippen LogP contribution in [0, 0.1) is 19.7 Å². The third-order valence-electron chi connectivity index (χ3n) is 5.59. The highest BCUT2D eigenvalue weighted by Gasteiger charge is 2.49. The van der Waals surface area contributed by atoms with Crippen molar-refractivity contribution in [3.63, 3.8) is 0 Å². The first kappa shape index (κ1) is 18.3. The summed E-state index contributed by atoms with van der Waals surface area (Å²) in [4.78, 5) is 16.4. The van der Waals surface area contributed by atoms with Crippen LogP contribution in [0.1, 0.15) is 16.7 Å². The van der Waals surface area contributed by atoms with Gasteiger partial charge in [0, 0.05) is 25.6 Å². The lowest BCUT2D eigenvalue weighted by atomic mass is 10.1. The predicted octanol–water partition coefficient (Wildman–Crippen LogP) is 5.41. The summed E-state index contributed by atoms with van der Waals surface area (Å²) in [6.07, 6.45) is 0. The maximum absolute atomic E-state index is 14.4. The van der Waals surface area contributed by atoms with E-state index in [2.05, 4.69) is 0 Å². The highest BCUT2D eigenvalue weighted by Crippen LogP contribution is 2.53. The largest absolute Gasteiger partial charge is 0.340 e. The van der Waals surface area contributed by atoms with Crippen molar-refractivity contribution in [3.8, 4) is 0 Å². The molecule has 3 aliphatic rings. The molecule has 0 fully saturated rings. The van der Waals surface area contributed by atoms with Crippen molar-refractivity contribution < 1.29 is 13.4 Å². The third-order valence-corrected chi connectivity index (χ3v) is 8.88. The highest BCUT2D eigenvalue weighted by molar-refractivity contribution is 8.06. The number of urea groups is 1. The van der Waals surface area contributed by atoms with Gasteiger partial charge in [-0.1, -0.05) is 29.8 Å². The zero-order chi connectivity index (χ0) is 20.5. The van der Waals surface area contributed by atoms with Crippen LogP contribution < -0.4 is 9.21 Å². The van der Waals surface area contributed by atoms with Gasteiger partial charge in [-0.3, -0.25) is 9.11 Å². The normalized spacial score (nSPS) is 17.2. The third kappa shape index (κ3) is 2.42. The predicted molar refractivity (Wildman–Crippen MR) is 114 cm³/mol. The molecule has 0 N–H and O–H groups in total. The average Bonchev–Trinajstić information content (AvgIpc) is 2.69. The maximum Gasteiger partial charge on any atom is 0.340 e. The summed E-state index contributed by atoms with van der Waals surface area (Å²) >= 11 is 6.21. The van der Waals surface area contributed by atoms with Crippen molar-refractivity contribution in [1.82, 2.24) is 0 Å². The fourth-order valence-corrected chi connectivity index (χ4v) is 7.01. The van der Waals surface area contributed by atoms with E-state index in [-0.39, 0.29) is 17.1 Å². The number of halogens is 2. The van der Waals surface area contributed by atoms with Crippen molar-refractivity contribution in [2.24, 2.45) is 0 Å². The molecule has 0 unspecified atom stereocenters. The van der Waals surface area contributed by atoms with Gasteiger partial charge in [-0.05, 0) is 61.4 Å². The molecular formula is C22H18ClFN2O2S. The molecule has 0 saturated carbocycles. The number of rotatable bonds is 3. The van der Waals surface area contributed by atoms with Crippen molar-refractivity contribution in [2.45, 2.75) is 30.2 Å².